The molecule has 150 valence electrons. The average Bonchev–Trinajstić information content (AvgIpc) is 3.23. The molecule has 1 N–H and O–H groups in total. The highest BCUT2D eigenvalue weighted by Gasteiger charge is 2.20. The fraction of sp³-hybridized carbons (Fsp3) is 0.409. The maximum absolute atomic E-state index is 10.1. The van der Waals surface area contributed by atoms with Gasteiger partial charge in [0.15, 0.2) is 0 Å². The van der Waals surface area contributed by atoms with Crippen LogP contribution in [0.15, 0.2) is 41.8 Å². The van der Waals surface area contributed by atoms with Crippen LogP contribution in [0.1, 0.15) is 31.2 Å². The zero-order valence-electron chi connectivity index (χ0n) is 16.5. The van der Waals surface area contributed by atoms with E-state index in [4.69, 9.17) is 4.98 Å². The molecular weight excluding hydrogens is 390 g/mol. The first-order valence-corrected chi connectivity index (χ1v) is 10.7. The molecule has 1 aliphatic rings. The quantitative estimate of drug-likeness (QED) is 0.636. The molecule has 0 radical (unpaired) electrons. The lowest BCUT2D eigenvalue weighted by atomic mass is 10.1. The zero-order valence-corrected chi connectivity index (χ0v) is 18.1. The van der Waals surface area contributed by atoms with Crippen LogP contribution in [0.3, 0.4) is 0 Å². The molecule has 28 heavy (non-hydrogen) atoms. The molecule has 4 rings (SSSR count). The van der Waals surface area contributed by atoms with Gasteiger partial charge in [0, 0.05) is 47.4 Å². The van der Waals surface area contributed by atoms with Crippen molar-refractivity contribution in [2.24, 2.45) is 0 Å². The SMILES string of the molecule is CCC(O)c1cc(-c2cc3ccccc3c(N3CCN(CC)CC3)n2)cs1.Cl. The van der Waals surface area contributed by atoms with Crippen LogP contribution in [-0.4, -0.2) is 47.7 Å². The molecule has 2 aromatic heterocycles. The number of pyridine rings is 1. The van der Waals surface area contributed by atoms with E-state index in [0.717, 1.165) is 61.1 Å². The molecule has 0 bridgehead atoms. The number of anilines is 1. The number of hydrogen-bond acceptors (Lipinski definition) is 5. The number of likely N-dealkylation sites (N-methyl/N-ethyl adjacent to an activating group) is 1. The van der Waals surface area contributed by atoms with E-state index in [9.17, 15) is 5.11 Å². The van der Waals surface area contributed by atoms with Gasteiger partial charge in [0.2, 0.25) is 0 Å². The third-order valence-electron chi connectivity index (χ3n) is 5.47. The number of benzene rings is 1. The van der Waals surface area contributed by atoms with Crippen molar-refractivity contribution in [1.29, 1.82) is 0 Å². The zero-order chi connectivity index (χ0) is 18.8. The number of rotatable bonds is 5. The number of aliphatic hydroxyl groups excluding tert-OH is 1. The molecule has 0 amide bonds. The van der Waals surface area contributed by atoms with Gasteiger partial charge in [-0.3, -0.25) is 0 Å². The van der Waals surface area contributed by atoms with Crippen LogP contribution in [0, 0.1) is 0 Å². The van der Waals surface area contributed by atoms with Gasteiger partial charge >= 0.3 is 0 Å². The summed E-state index contributed by atoms with van der Waals surface area (Å²) in [5.74, 6) is 1.09. The highest BCUT2D eigenvalue weighted by atomic mass is 35.5. The number of aromatic nitrogens is 1. The Hall–Kier alpha value is -1.66. The number of aliphatic hydroxyl groups is 1. The molecule has 1 aromatic carbocycles. The van der Waals surface area contributed by atoms with Crippen LogP contribution in [0.4, 0.5) is 5.82 Å². The summed E-state index contributed by atoms with van der Waals surface area (Å²) < 4.78 is 0. The fourth-order valence-electron chi connectivity index (χ4n) is 3.71. The van der Waals surface area contributed by atoms with E-state index < -0.39 is 0 Å². The molecule has 0 saturated carbocycles. The van der Waals surface area contributed by atoms with Gasteiger partial charge in [-0.1, -0.05) is 38.1 Å². The van der Waals surface area contributed by atoms with Crippen LogP contribution in [0.2, 0.25) is 0 Å². The Balaban J connectivity index is 0.00000225. The van der Waals surface area contributed by atoms with Gasteiger partial charge in [0.1, 0.15) is 5.82 Å². The first-order valence-electron chi connectivity index (χ1n) is 9.83. The van der Waals surface area contributed by atoms with Crippen LogP contribution in [0.5, 0.6) is 0 Å². The van der Waals surface area contributed by atoms with E-state index in [2.05, 4.69) is 58.5 Å². The molecule has 4 nitrogen and oxygen atoms in total. The Morgan fingerprint density at radius 2 is 1.86 bits per heavy atom. The van der Waals surface area contributed by atoms with Crippen LogP contribution in [-0.2, 0) is 0 Å². The maximum Gasteiger partial charge on any atom is 0.137 e. The van der Waals surface area contributed by atoms with Gasteiger partial charge in [-0.25, -0.2) is 4.98 Å². The van der Waals surface area contributed by atoms with E-state index in [0.29, 0.717) is 0 Å². The summed E-state index contributed by atoms with van der Waals surface area (Å²) in [7, 11) is 0. The molecular formula is C22H28ClN3OS. The standard InChI is InChI=1S/C22H27N3OS.ClH/c1-3-20(26)21-14-17(15-27-21)19-13-16-7-5-6-8-18(16)22(23-19)25-11-9-24(4-2)10-12-25;/h5-8,13-15,20,26H,3-4,9-12H2,1-2H3;1H. The van der Waals surface area contributed by atoms with Crippen molar-refractivity contribution < 1.29 is 5.11 Å². The maximum atomic E-state index is 10.1. The van der Waals surface area contributed by atoms with Gasteiger partial charge in [-0.15, -0.1) is 23.7 Å². The van der Waals surface area contributed by atoms with Gasteiger partial charge in [0.05, 0.1) is 11.8 Å². The van der Waals surface area contributed by atoms with Gasteiger partial charge < -0.3 is 14.9 Å². The van der Waals surface area contributed by atoms with E-state index in [1.54, 1.807) is 11.3 Å². The van der Waals surface area contributed by atoms with Crippen molar-refractivity contribution in [2.75, 3.05) is 37.6 Å². The number of halogens is 1. The Kier molecular flexibility index (Phi) is 6.94. The van der Waals surface area contributed by atoms with Crippen LogP contribution in [0.25, 0.3) is 22.0 Å². The minimum Gasteiger partial charge on any atom is -0.388 e. The average molecular weight is 418 g/mol. The van der Waals surface area contributed by atoms with Gasteiger partial charge in [-0.05, 0) is 30.5 Å². The first-order chi connectivity index (χ1) is 13.2. The van der Waals surface area contributed by atoms with Crippen molar-refractivity contribution in [3.63, 3.8) is 0 Å². The highest BCUT2D eigenvalue weighted by molar-refractivity contribution is 7.10. The minimum atomic E-state index is -0.384. The molecule has 1 fully saturated rings. The van der Waals surface area contributed by atoms with E-state index in [-0.39, 0.29) is 18.5 Å². The number of hydrogen-bond donors (Lipinski definition) is 1. The molecule has 0 spiro atoms. The summed E-state index contributed by atoms with van der Waals surface area (Å²) in [6.07, 6.45) is 0.351. The highest BCUT2D eigenvalue weighted by Crippen LogP contribution is 2.34. The topological polar surface area (TPSA) is 39.6 Å². The Morgan fingerprint density at radius 1 is 1.11 bits per heavy atom. The first kappa shape index (κ1) is 21.1. The summed E-state index contributed by atoms with van der Waals surface area (Å²) in [4.78, 5) is 11.0. The summed E-state index contributed by atoms with van der Waals surface area (Å²) in [6, 6.07) is 12.8. The van der Waals surface area contributed by atoms with Crippen molar-refractivity contribution in [3.8, 4) is 11.3 Å². The normalized spacial score (nSPS) is 16.2. The third kappa shape index (κ3) is 4.18. The van der Waals surface area contributed by atoms with E-state index in [1.165, 1.54) is 10.8 Å². The largest absolute Gasteiger partial charge is 0.388 e. The summed E-state index contributed by atoms with van der Waals surface area (Å²) in [5.41, 5.74) is 2.09. The summed E-state index contributed by atoms with van der Waals surface area (Å²) in [6.45, 7) is 9.54. The predicted octanol–water partition coefficient (Wildman–Crippen LogP) is 4.97. The van der Waals surface area contributed by atoms with Crippen LogP contribution >= 0.6 is 23.7 Å². The number of fused-ring (bicyclic) bond motifs is 1. The molecule has 3 aromatic rings. The van der Waals surface area contributed by atoms with Crippen molar-refractivity contribution in [1.82, 2.24) is 9.88 Å². The Bertz CT molecular complexity index is 921. The molecule has 1 saturated heterocycles. The number of piperazine rings is 1. The van der Waals surface area contributed by atoms with Crippen molar-refractivity contribution >= 4 is 40.3 Å². The monoisotopic (exact) mass is 417 g/mol. The Labute approximate surface area is 177 Å². The molecule has 1 aliphatic heterocycles. The van der Waals surface area contributed by atoms with Crippen molar-refractivity contribution in [2.45, 2.75) is 26.4 Å². The molecule has 0 aliphatic carbocycles. The smallest absolute Gasteiger partial charge is 0.137 e. The minimum absolute atomic E-state index is 0. The lowest BCUT2D eigenvalue weighted by Gasteiger charge is -2.35. The molecule has 1 unspecified atom stereocenters. The second kappa shape index (κ2) is 9.23. The molecule has 3 heterocycles. The van der Waals surface area contributed by atoms with Gasteiger partial charge in [0.25, 0.3) is 0 Å². The number of nitrogens with zero attached hydrogens (tertiary/aromatic N) is 3. The predicted molar refractivity (Wildman–Crippen MR) is 122 cm³/mol. The fourth-order valence-corrected chi connectivity index (χ4v) is 4.68. The molecule has 1 atom stereocenters. The van der Waals surface area contributed by atoms with Crippen molar-refractivity contribution in [3.05, 3.63) is 46.7 Å². The lowest BCUT2D eigenvalue weighted by molar-refractivity contribution is 0.177. The lowest BCUT2D eigenvalue weighted by Crippen LogP contribution is -2.46. The summed E-state index contributed by atoms with van der Waals surface area (Å²) in [5, 5.41) is 14.7. The van der Waals surface area contributed by atoms with Crippen LogP contribution < -0.4 is 4.90 Å². The number of thiophene rings is 1. The second-order valence-electron chi connectivity index (χ2n) is 7.14. The third-order valence-corrected chi connectivity index (χ3v) is 6.50. The van der Waals surface area contributed by atoms with E-state index in [1.807, 2.05) is 6.92 Å². The van der Waals surface area contributed by atoms with E-state index >= 15 is 0 Å². The van der Waals surface area contributed by atoms with Gasteiger partial charge in [-0.2, -0.15) is 0 Å². The molecule has 6 heteroatoms. The summed E-state index contributed by atoms with van der Waals surface area (Å²) >= 11 is 1.62. The Morgan fingerprint density at radius 3 is 2.57 bits per heavy atom. The second-order valence-corrected chi connectivity index (χ2v) is 8.08.